The molecule has 1 aromatic carbocycles. The van der Waals surface area contributed by atoms with Gasteiger partial charge in [-0.15, -0.1) is 0 Å². The van der Waals surface area contributed by atoms with Crippen LogP contribution in [0.2, 0.25) is 5.02 Å². The Morgan fingerprint density at radius 3 is 2.91 bits per heavy atom. The molecule has 1 amide bonds. The zero-order chi connectivity index (χ0) is 15.8. The topological polar surface area (TPSA) is 38.3 Å². The van der Waals surface area contributed by atoms with Crippen molar-refractivity contribution >= 4 is 29.3 Å². The van der Waals surface area contributed by atoms with Gasteiger partial charge in [-0.2, -0.15) is 11.8 Å². The Bertz CT molecular complexity index is 477. The van der Waals surface area contributed by atoms with Crippen molar-refractivity contribution < 1.29 is 9.53 Å². The van der Waals surface area contributed by atoms with E-state index < -0.39 is 6.10 Å². The molecule has 1 atom stereocenters. The average Bonchev–Trinajstić information content (AvgIpc) is 2.52. The zero-order valence-electron chi connectivity index (χ0n) is 13.0. The molecule has 5 heteroatoms. The number of hydrogen-bond acceptors (Lipinski definition) is 3. The normalized spacial score (nSPS) is 17.0. The van der Waals surface area contributed by atoms with Gasteiger partial charge in [-0.25, -0.2) is 0 Å². The number of carbonyl (C=O) groups is 1. The fourth-order valence-electron chi connectivity index (χ4n) is 2.57. The molecule has 122 valence electrons. The summed E-state index contributed by atoms with van der Waals surface area (Å²) in [5, 5.41) is 4.33. The Morgan fingerprint density at radius 1 is 1.41 bits per heavy atom. The van der Waals surface area contributed by atoms with Crippen LogP contribution in [0.4, 0.5) is 0 Å². The Labute approximate surface area is 142 Å². The molecule has 0 aromatic heterocycles. The number of benzene rings is 1. The molecule has 0 saturated heterocycles. The highest BCUT2D eigenvalue weighted by Crippen LogP contribution is 2.27. The number of carbonyl (C=O) groups excluding carboxylic acids is 1. The molecule has 0 unspecified atom stereocenters. The van der Waals surface area contributed by atoms with Crippen LogP contribution in [-0.4, -0.2) is 29.6 Å². The highest BCUT2D eigenvalue weighted by Gasteiger charge is 2.16. The first-order chi connectivity index (χ1) is 10.6. The van der Waals surface area contributed by atoms with Gasteiger partial charge >= 0.3 is 0 Å². The lowest BCUT2D eigenvalue weighted by atomic mass is 10.0. The fraction of sp³-hybridized carbons (Fsp3) is 0.588. The fourth-order valence-corrected chi connectivity index (χ4v) is 3.97. The average molecular weight is 342 g/mol. The highest BCUT2D eigenvalue weighted by molar-refractivity contribution is 7.99. The van der Waals surface area contributed by atoms with Crippen LogP contribution < -0.4 is 10.1 Å². The number of rotatable bonds is 7. The predicted molar refractivity (Wildman–Crippen MR) is 93.9 cm³/mol. The Balaban J connectivity index is 1.63. The van der Waals surface area contributed by atoms with E-state index in [1.807, 2.05) is 17.8 Å². The summed E-state index contributed by atoms with van der Waals surface area (Å²) in [6.07, 6.45) is 6.23. The van der Waals surface area contributed by atoms with Gasteiger partial charge in [0.25, 0.3) is 5.91 Å². The summed E-state index contributed by atoms with van der Waals surface area (Å²) in [6, 6.07) is 7.10. The molecule has 0 aliphatic heterocycles. The molecule has 1 N–H and O–H groups in total. The molecule has 0 spiro atoms. The second-order valence-corrected chi connectivity index (χ2v) is 7.48. The molecule has 1 aromatic rings. The lowest BCUT2D eigenvalue weighted by Crippen LogP contribution is -2.37. The number of thioether (sulfide) groups is 1. The minimum atomic E-state index is -0.516. The van der Waals surface area contributed by atoms with Gasteiger partial charge in [0, 0.05) is 22.6 Å². The summed E-state index contributed by atoms with van der Waals surface area (Å²) in [5.74, 6) is 1.51. The largest absolute Gasteiger partial charge is 0.481 e. The monoisotopic (exact) mass is 341 g/mol. The van der Waals surface area contributed by atoms with Crippen LogP contribution in [0.1, 0.15) is 39.0 Å². The summed E-state index contributed by atoms with van der Waals surface area (Å²) >= 11 is 7.88. The summed E-state index contributed by atoms with van der Waals surface area (Å²) in [4.78, 5) is 12.0. The van der Waals surface area contributed by atoms with Gasteiger partial charge in [0.05, 0.1) is 0 Å². The first-order valence-corrected chi connectivity index (χ1v) is 9.39. The standard InChI is InChI=1S/C17H24ClNO2S/c1-13(21-15-7-5-6-14(18)12-15)17(20)19-10-11-22-16-8-3-2-4-9-16/h5-7,12-13,16H,2-4,8-11H2,1H3,(H,19,20)/t13-/m1/s1. The van der Waals surface area contributed by atoms with E-state index in [-0.39, 0.29) is 5.91 Å². The van der Waals surface area contributed by atoms with Gasteiger partial charge in [0.15, 0.2) is 6.10 Å². The van der Waals surface area contributed by atoms with E-state index in [0.29, 0.717) is 17.3 Å². The molecule has 2 rings (SSSR count). The van der Waals surface area contributed by atoms with Crippen molar-refractivity contribution in [1.29, 1.82) is 0 Å². The maximum atomic E-state index is 12.0. The van der Waals surface area contributed by atoms with Gasteiger partial charge in [-0.1, -0.05) is 36.9 Å². The highest BCUT2D eigenvalue weighted by atomic mass is 35.5. The Kier molecular flexibility index (Phi) is 7.40. The molecule has 1 aliphatic carbocycles. The maximum Gasteiger partial charge on any atom is 0.260 e. The number of amides is 1. The molecular weight excluding hydrogens is 318 g/mol. The van der Waals surface area contributed by atoms with Crippen LogP contribution in [0.5, 0.6) is 5.75 Å². The molecule has 1 aliphatic rings. The van der Waals surface area contributed by atoms with Gasteiger partial charge < -0.3 is 10.1 Å². The second-order valence-electron chi connectivity index (χ2n) is 5.64. The molecular formula is C17H24ClNO2S. The van der Waals surface area contributed by atoms with Gasteiger partial charge in [-0.3, -0.25) is 4.79 Å². The van der Waals surface area contributed by atoms with E-state index >= 15 is 0 Å². The quantitative estimate of drug-likeness (QED) is 0.752. The van der Waals surface area contributed by atoms with Gasteiger partial charge in [0.2, 0.25) is 0 Å². The van der Waals surface area contributed by atoms with E-state index in [1.165, 1.54) is 32.1 Å². The zero-order valence-corrected chi connectivity index (χ0v) is 14.6. The van der Waals surface area contributed by atoms with Crippen LogP contribution >= 0.6 is 23.4 Å². The van der Waals surface area contributed by atoms with Crippen LogP contribution in [0, 0.1) is 0 Å². The van der Waals surface area contributed by atoms with Crippen molar-refractivity contribution in [3.63, 3.8) is 0 Å². The molecule has 3 nitrogen and oxygen atoms in total. The first-order valence-electron chi connectivity index (χ1n) is 7.96. The maximum absolute atomic E-state index is 12.0. The Morgan fingerprint density at radius 2 is 2.18 bits per heavy atom. The van der Waals surface area contributed by atoms with Crippen molar-refractivity contribution in [2.24, 2.45) is 0 Å². The van der Waals surface area contributed by atoms with E-state index in [0.717, 1.165) is 11.0 Å². The van der Waals surface area contributed by atoms with Crippen molar-refractivity contribution in [2.45, 2.75) is 50.4 Å². The predicted octanol–water partition coefficient (Wildman–Crippen LogP) is 4.29. The number of hydrogen-bond donors (Lipinski definition) is 1. The van der Waals surface area contributed by atoms with E-state index in [4.69, 9.17) is 16.3 Å². The molecule has 1 saturated carbocycles. The molecule has 0 radical (unpaired) electrons. The lowest BCUT2D eigenvalue weighted by molar-refractivity contribution is -0.127. The number of ether oxygens (including phenoxy) is 1. The van der Waals surface area contributed by atoms with Crippen LogP contribution in [-0.2, 0) is 4.79 Å². The van der Waals surface area contributed by atoms with E-state index in [9.17, 15) is 4.79 Å². The minimum Gasteiger partial charge on any atom is -0.481 e. The first kappa shape index (κ1) is 17.5. The van der Waals surface area contributed by atoms with Gasteiger partial charge in [-0.05, 0) is 38.0 Å². The smallest absolute Gasteiger partial charge is 0.260 e. The number of nitrogens with one attached hydrogen (secondary N) is 1. The summed E-state index contributed by atoms with van der Waals surface area (Å²) in [7, 11) is 0. The Hall–Kier alpha value is -0.870. The summed E-state index contributed by atoms with van der Waals surface area (Å²) < 4.78 is 5.60. The van der Waals surface area contributed by atoms with Crippen LogP contribution in [0.15, 0.2) is 24.3 Å². The minimum absolute atomic E-state index is 0.0794. The second kappa shape index (κ2) is 9.31. The van der Waals surface area contributed by atoms with Gasteiger partial charge in [0.1, 0.15) is 5.75 Å². The van der Waals surface area contributed by atoms with E-state index in [2.05, 4.69) is 5.32 Å². The van der Waals surface area contributed by atoms with Crippen molar-refractivity contribution in [3.05, 3.63) is 29.3 Å². The van der Waals surface area contributed by atoms with Crippen LogP contribution in [0.3, 0.4) is 0 Å². The molecule has 22 heavy (non-hydrogen) atoms. The van der Waals surface area contributed by atoms with Crippen molar-refractivity contribution in [3.8, 4) is 5.75 Å². The van der Waals surface area contributed by atoms with E-state index in [1.54, 1.807) is 25.1 Å². The number of halogens is 1. The van der Waals surface area contributed by atoms with Crippen molar-refractivity contribution in [1.82, 2.24) is 5.32 Å². The molecule has 1 fully saturated rings. The third kappa shape index (κ3) is 6.09. The summed E-state index contributed by atoms with van der Waals surface area (Å²) in [5.41, 5.74) is 0. The molecule has 0 bridgehead atoms. The molecule has 0 heterocycles. The lowest BCUT2D eigenvalue weighted by Gasteiger charge is -2.21. The van der Waals surface area contributed by atoms with Crippen LogP contribution in [0.25, 0.3) is 0 Å². The third-order valence-electron chi connectivity index (χ3n) is 3.79. The van der Waals surface area contributed by atoms with Crippen molar-refractivity contribution in [2.75, 3.05) is 12.3 Å². The summed E-state index contributed by atoms with van der Waals surface area (Å²) in [6.45, 7) is 2.45. The SMILES string of the molecule is C[C@@H](Oc1cccc(Cl)c1)C(=O)NCCSC1CCCCC1. The third-order valence-corrected chi connectivity index (χ3v) is 5.40.